The van der Waals surface area contributed by atoms with Crippen LogP contribution in [0.5, 0.6) is 0 Å². The number of para-hydroxylation sites is 1. The van der Waals surface area contributed by atoms with Crippen molar-refractivity contribution >= 4 is 17.6 Å². The molecule has 2 N–H and O–H groups in total. The average molecular weight is 420 g/mol. The molecule has 0 aliphatic carbocycles. The lowest BCUT2D eigenvalue weighted by Crippen LogP contribution is -2.49. The molecule has 2 aromatic heterocycles. The van der Waals surface area contributed by atoms with Crippen molar-refractivity contribution in [1.29, 1.82) is 0 Å². The molecule has 3 amide bonds. The number of carbonyl (C=O) groups is 2. The minimum absolute atomic E-state index is 0.0861. The SMILES string of the molecule is Cn1ccc(C(=O)N2CC[C@@]3(CCn4ncnc4[C@@H]3NC(=O)Nc3ccccc3)C2)n1. The number of carbonyl (C=O) groups excluding carboxylic acids is 2. The summed E-state index contributed by atoms with van der Waals surface area (Å²) in [5.41, 5.74) is 0.844. The molecule has 0 saturated carbocycles. The van der Waals surface area contributed by atoms with Crippen molar-refractivity contribution in [3.8, 4) is 0 Å². The zero-order valence-corrected chi connectivity index (χ0v) is 17.2. The van der Waals surface area contributed by atoms with Gasteiger partial charge in [0.2, 0.25) is 0 Å². The van der Waals surface area contributed by atoms with Crippen molar-refractivity contribution < 1.29 is 9.59 Å². The van der Waals surface area contributed by atoms with E-state index >= 15 is 0 Å². The average Bonchev–Trinajstić information content (AvgIpc) is 3.51. The van der Waals surface area contributed by atoms with Gasteiger partial charge in [-0.1, -0.05) is 18.2 Å². The third-order valence-electron chi connectivity index (χ3n) is 6.25. The number of urea groups is 1. The lowest BCUT2D eigenvalue weighted by molar-refractivity contribution is 0.0728. The van der Waals surface area contributed by atoms with Gasteiger partial charge in [-0.2, -0.15) is 10.2 Å². The molecule has 1 fully saturated rings. The molecule has 160 valence electrons. The van der Waals surface area contributed by atoms with E-state index in [1.54, 1.807) is 24.0 Å². The minimum Gasteiger partial charge on any atom is -0.337 e. The van der Waals surface area contributed by atoms with E-state index in [9.17, 15) is 9.59 Å². The lowest BCUT2D eigenvalue weighted by atomic mass is 9.74. The molecule has 1 spiro atoms. The second-order valence-electron chi connectivity index (χ2n) is 8.20. The fourth-order valence-corrected chi connectivity index (χ4v) is 4.65. The van der Waals surface area contributed by atoms with Crippen LogP contribution < -0.4 is 10.6 Å². The third-order valence-corrected chi connectivity index (χ3v) is 6.25. The Morgan fingerprint density at radius 1 is 1.13 bits per heavy atom. The van der Waals surface area contributed by atoms with Crippen molar-refractivity contribution in [3.05, 3.63) is 60.4 Å². The van der Waals surface area contributed by atoms with Gasteiger partial charge in [0.05, 0.1) is 6.04 Å². The number of aryl methyl sites for hydroxylation is 2. The van der Waals surface area contributed by atoms with Gasteiger partial charge in [0.1, 0.15) is 17.8 Å². The van der Waals surface area contributed by atoms with E-state index < -0.39 is 0 Å². The number of anilines is 1. The number of fused-ring (bicyclic) bond motifs is 1. The summed E-state index contributed by atoms with van der Waals surface area (Å²) in [6.45, 7) is 1.85. The highest BCUT2D eigenvalue weighted by atomic mass is 16.2. The van der Waals surface area contributed by atoms with E-state index in [-0.39, 0.29) is 23.4 Å². The molecule has 4 heterocycles. The van der Waals surface area contributed by atoms with Crippen molar-refractivity contribution in [1.82, 2.24) is 34.8 Å². The fraction of sp³-hybridized carbons (Fsp3) is 0.381. The highest BCUT2D eigenvalue weighted by Gasteiger charge is 2.51. The molecule has 10 nitrogen and oxygen atoms in total. The second-order valence-corrected chi connectivity index (χ2v) is 8.20. The van der Waals surface area contributed by atoms with E-state index in [4.69, 9.17) is 0 Å². The van der Waals surface area contributed by atoms with Crippen LogP contribution in [0.3, 0.4) is 0 Å². The maximum Gasteiger partial charge on any atom is 0.319 e. The standard InChI is InChI=1S/C21H24N8O2/c1-27-10-7-16(26-27)19(30)28-11-8-21(13-28)9-12-29-18(22-14-23-29)17(21)25-20(31)24-15-5-3-2-4-6-15/h2-7,10,14,17H,8-9,11-13H2,1H3,(H2,24,25,31)/t17-,21+/m0/s1. The molecule has 0 bridgehead atoms. The number of rotatable bonds is 3. The van der Waals surface area contributed by atoms with Crippen molar-refractivity contribution in [2.75, 3.05) is 18.4 Å². The number of aromatic nitrogens is 5. The van der Waals surface area contributed by atoms with E-state index in [2.05, 4.69) is 25.8 Å². The fourth-order valence-electron chi connectivity index (χ4n) is 4.65. The Bertz CT molecular complexity index is 1110. The number of hydrogen-bond acceptors (Lipinski definition) is 5. The minimum atomic E-state index is -0.353. The van der Waals surface area contributed by atoms with Gasteiger partial charge in [-0.3, -0.25) is 9.48 Å². The maximum absolute atomic E-state index is 13.0. The Hall–Kier alpha value is -3.69. The van der Waals surface area contributed by atoms with E-state index in [1.807, 2.05) is 39.9 Å². The Morgan fingerprint density at radius 3 is 2.71 bits per heavy atom. The molecule has 2 aliphatic heterocycles. The van der Waals surface area contributed by atoms with Gasteiger partial charge >= 0.3 is 6.03 Å². The summed E-state index contributed by atoms with van der Waals surface area (Å²) in [5.74, 6) is 0.638. The molecule has 10 heteroatoms. The summed E-state index contributed by atoms with van der Waals surface area (Å²) in [7, 11) is 1.79. The largest absolute Gasteiger partial charge is 0.337 e. The normalized spacial score (nSPS) is 22.4. The molecule has 31 heavy (non-hydrogen) atoms. The molecule has 5 rings (SSSR count). The van der Waals surface area contributed by atoms with Gasteiger partial charge < -0.3 is 15.5 Å². The van der Waals surface area contributed by atoms with Gasteiger partial charge in [0.15, 0.2) is 0 Å². The Morgan fingerprint density at radius 2 is 1.94 bits per heavy atom. The number of nitrogens with zero attached hydrogens (tertiary/aromatic N) is 6. The number of hydrogen-bond donors (Lipinski definition) is 2. The van der Waals surface area contributed by atoms with E-state index in [0.29, 0.717) is 31.0 Å². The van der Waals surface area contributed by atoms with Crippen LogP contribution in [0.1, 0.15) is 35.2 Å². The van der Waals surface area contributed by atoms with E-state index in [1.165, 1.54) is 6.33 Å². The molecular formula is C21H24N8O2. The van der Waals surface area contributed by atoms with Crippen LogP contribution in [0.4, 0.5) is 10.5 Å². The quantitative estimate of drug-likeness (QED) is 0.672. The van der Waals surface area contributed by atoms with Crippen LogP contribution in [-0.4, -0.2) is 54.5 Å². The van der Waals surface area contributed by atoms with Gasteiger partial charge in [-0.15, -0.1) is 0 Å². The molecule has 1 aromatic carbocycles. The van der Waals surface area contributed by atoms with Crippen LogP contribution in [0, 0.1) is 5.41 Å². The molecule has 1 saturated heterocycles. The highest BCUT2D eigenvalue weighted by Crippen LogP contribution is 2.47. The number of benzene rings is 1. The smallest absolute Gasteiger partial charge is 0.319 e. The van der Waals surface area contributed by atoms with Gasteiger partial charge in [0.25, 0.3) is 5.91 Å². The van der Waals surface area contributed by atoms with Crippen molar-refractivity contribution in [2.45, 2.75) is 25.4 Å². The summed E-state index contributed by atoms with van der Waals surface area (Å²) >= 11 is 0. The Kier molecular flexibility index (Phi) is 4.68. The summed E-state index contributed by atoms with van der Waals surface area (Å²) < 4.78 is 3.46. The van der Waals surface area contributed by atoms with Crippen LogP contribution >= 0.6 is 0 Å². The van der Waals surface area contributed by atoms with E-state index in [0.717, 1.165) is 18.7 Å². The zero-order valence-electron chi connectivity index (χ0n) is 17.2. The first-order valence-corrected chi connectivity index (χ1v) is 10.3. The predicted octanol–water partition coefficient (Wildman–Crippen LogP) is 1.81. The van der Waals surface area contributed by atoms with Gasteiger partial charge in [-0.05, 0) is 31.0 Å². The second kappa shape index (κ2) is 7.53. The van der Waals surface area contributed by atoms with Crippen molar-refractivity contribution in [3.63, 3.8) is 0 Å². The summed E-state index contributed by atoms with van der Waals surface area (Å²) in [6.07, 6.45) is 4.85. The zero-order chi connectivity index (χ0) is 21.4. The summed E-state index contributed by atoms with van der Waals surface area (Å²) in [4.78, 5) is 32.1. The molecular weight excluding hydrogens is 396 g/mol. The van der Waals surface area contributed by atoms with Crippen LogP contribution in [-0.2, 0) is 13.6 Å². The summed E-state index contributed by atoms with van der Waals surface area (Å²) in [6, 6.07) is 10.4. The molecule has 0 radical (unpaired) electrons. The first-order chi connectivity index (χ1) is 15.0. The monoisotopic (exact) mass is 420 g/mol. The maximum atomic E-state index is 13.0. The van der Waals surface area contributed by atoms with Gasteiger partial charge in [0, 0.05) is 44.0 Å². The first-order valence-electron chi connectivity index (χ1n) is 10.3. The third kappa shape index (κ3) is 3.54. The Balaban J connectivity index is 1.38. The Labute approximate surface area is 179 Å². The topological polar surface area (TPSA) is 110 Å². The summed E-state index contributed by atoms with van der Waals surface area (Å²) in [5, 5.41) is 14.5. The van der Waals surface area contributed by atoms with Crippen LogP contribution in [0.25, 0.3) is 0 Å². The first kappa shape index (κ1) is 19.3. The predicted molar refractivity (Wildman–Crippen MR) is 112 cm³/mol. The molecule has 2 aliphatic rings. The number of nitrogens with one attached hydrogen (secondary N) is 2. The van der Waals surface area contributed by atoms with Crippen molar-refractivity contribution in [2.24, 2.45) is 12.5 Å². The molecule has 2 atom stereocenters. The lowest BCUT2D eigenvalue weighted by Gasteiger charge is -2.40. The highest BCUT2D eigenvalue weighted by molar-refractivity contribution is 5.92. The van der Waals surface area contributed by atoms with Crippen LogP contribution in [0.2, 0.25) is 0 Å². The number of likely N-dealkylation sites (tertiary alicyclic amines) is 1. The number of amides is 3. The van der Waals surface area contributed by atoms with Gasteiger partial charge in [-0.25, -0.2) is 14.5 Å². The molecule has 0 unspecified atom stereocenters. The van der Waals surface area contributed by atoms with Crippen LogP contribution in [0.15, 0.2) is 48.9 Å². The molecule has 3 aromatic rings.